The summed E-state index contributed by atoms with van der Waals surface area (Å²) in [4.78, 5) is 23.4. The van der Waals surface area contributed by atoms with Crippen molar-refractivity contribution in [1.29, 1.82) is 0 Å². The predicted octanol–water partition coefficient (Wildman–Crippen LogP) is 2.99. The van der Waals surface area contributed by atoms with Crippen molar-refractivity contribution < 1.29 is 19.1 Å². The Labute approximate surface area is 128 Å². The SMILES string of the molecule is C=C(Cl)CC(NC(=O)OCc1ccccc1)C(=O)OCC. The third-order valence-corrected chi connectivity index (χ3v) is 2.66. The zero-order valence-corrected chi connectivity index (χ0v) is 12.6. The van der Waals surface area contributed by atoms with Crippen LogP contribution in [0.1, 0.15) is 18.9 Å². The highest BCUT2D eigenvalue weighted by Gasteiger charge is 2.23. The molecule has 0 radical (unpaired) electrons. The van der Waals surface area contributed by atoms with E-state index >= 15 is 0 Å². The first-order valence-electron chi connectivity index (χ1n) is 6.50. The lowest BCUT2D eigenvalue weighted by Gasteiger charge is -2.16. The van der Waals surface area contributed by atoms with Crippen LogP contribution in [0.3, 0.4) is 0 Å². The lowest BCUT2D eigenvalue weighted by atomic mass is 10.2. The standard InChI is InChI=1S/C15H18ClNO4/c1-3-20-14(18)13(9-11(2)16)17-15(19)21-10-12-7-5-4-6-8-12/h4-8,13H,2-3,9-10H2,1H3,(H,17,19). The van der Waals surface area contributed by atoms with Crippen molar-refractivity contribution in [2.24, 2.45) is 0 Å². The van der Waals surface area contributed by atoms with Crippen molar-refractivity contribution >= 4 is 23.7 Å². The Bertz CT molecular complexity index is 490. The van der Waals surface area contributed by atoms with E-state index < -0.39 is 18.1 Å². The molecule has 5 nitrogen and oxygen atoms in total. The van der Waals surface area contributed by atoms with E-state index in [9.17, 15) is 9.59 Å². The number of ether oxygens (including phenoxy) is 2. The van der Waals surface area contributed by atoms with Crippen LogP contribution in [0.25, 0.3) is 0 Å². The van der Waals surface area contributed by atoms with E-state index in [2.05, 4.69) is 11.9 Å². The summed E-state index contributed by atoms with van der Waals surface area (Å²) in [5.74, 6) is -0.573. The first kappa shape index (κ1) is 17.0. The van der Waals surface area contributed by atoms with Crippen LogP contribution in [0.2, 0.25) is 0 Å². The number of rotatable bonds is 7. The summed E-state index contributed by atoms with van der Waals surface area (Å²) in [5.41, 5.74) is 0.849. The molecule has 1 amide bonds. The molecule has 21 heavy (non-hydrogen) atoms. The third-order valence-electron chi connectivity index (χ3n) is 2.50. The first-order chi connectivity index (χ1) is 10.0. The zero-order valence-electron chi connectivity index (χ0n) is 11.8. The van der Waals surface area contributed by atoms with Crippen LogP contribution < -0.4 is 5.32 Å². The topological polar surface area (TPSA) is 64.6 Å². The molecular weight excluding hydrogens is 294 g/mol. The molecule has 6 heteroatoms. The second kappa shape index (κ2) is 9.02. The number of hydrogen-bond donors (Lipinski definition) is 1. The van der Waals surface area contributed by atoms with Gasteiger partial charge in [-0.2, -0.15) is 0 Å². The molecule has 1 rings (SSSR count). The van der Waals surface area contributed by atoms with Gasteiger partial charge in [-0.25, -0.2) is 9.59 Å². The van der Waals surface area contributed by atoms with Crippen LogP contribution in [-0.4, -0.2) is 24.7 Å². The molecule has 114 valence electrons. The molecule has 1 unspecified atom stereocenters. The quantitative estimate of drug-likeness (QED) is 0.786. The second-order valence-corrected chi connectivity index (χ2v) is 4.77. The van der Waals surface area contributed by atoms with Crippen molar-refractivity contribution in [3.63, 3.8) is 0 Å². The van der Waals surface area contributed by atoms with Crippen LogP contribution in [0.4, 0.5) is 4.79 Å². The fourth-order valence-corrected chi connectivity index (χ4v) is 1.72. The van der Waals surface area contributed by atoms with Crippen molar-refractivity contribution in [3.8, 4) is 0 Å². The Hall–Kier alpha value is -2.01. The van der Waals surface area contributed by atoms with Gasteiger partial charge in [0.25, 0.3) is 0 Å². The minimum atomic E-state index is -0.904. The van der Waals surface area contributed by atoms with Crippen LogP contribution in [0.15, 0.2) is 41.9 Å². The number of nitrogens with one attached hydrogen (secondary N) is 1. The maximum absolute atomic E-state index is 11.7. The van der Waals surface area contributed by atoms with Gasteiger partial charge in [0, 0.05) is 11.5 Å². The van der Waals surface area contributed by atoms with Crippen LogP contribution in [0, 0.1) is 0 Å². The molecule has 0 bridgehead atoms. The Kier molecular flexibility index (Phi) is 7.32. The number of benzene rings is 1. The van der Waals surface area contributed by atoms with Gasteiger partial charge in [0.2, 0.25) is 0 Å². The highest BCUT2D eigenvalue weighted by atomic mass is 35.5. The smallest absolute Gasteiger partial charge is 0.408 e. The Morgan fingerprint density at radius 1 is 1.29 bits per heavy atom. The Balaban J connectivity index is 2.51. The highest BCUT2D eigenvalue weighted by molar-refractivity contribution is 6.29. The largest absolute Gasteiger partial charge is 0.464 e. The van der Waals surface area contributed by atoms with E-state index in [1.165, 1.54) is 0 Å². The lowest BCUT2D eigenvalue weighted by Crippen LogP contribution is -2.42. The molecule has 0 spiro atoms. The molecule has 0 saturated carbocycles. The summed E-state index contributed by atoms with van der Waals surface area (Å²) in [6, 6.07) is 8.31. The highest BCUT2D eigenvalue weighted by Crippen LogP contribution is 2.09. The maximum atomic E-state index is 11.7. The molecule has 0 saturated heterocycles. The molecule has 1 atom stereocenters. The summed E-state index contributed by atoms with van der Waals surface area (Å²) in [6.07, 6.45) is -0.629. The monoisotopic (exact) mass is 311 g/mol. The molecule has 0 aliphatic carbocycles. The average molecular weight is 312 g/mol. The number of halogens is 1. The number of carbonyl (C=O) groups excluding carboxylic acids is 2. The van der Waals surface area contributed by atoms with E-state index in [0.29, 0.717) is 0 Å². The molecule has 0 aromatic heterocycles. The Morgan fingerprint density at radius 3 is 2.52 bits per heavy atom. The van der Waals surface area contributed by atoms with E-state index in [4.69, 9.17) is 21.1 Å². The average Bonchev–Trinajstić information content (AvgIpc) is 2.45. The van der Waals surface area contributed by atoms with E-state index in [1.54, 1.807) is 6.92 Å². The summed E-state index contributed by atoms with van der Waals surface area (Å²) in [5, 5.41) is 2.67. The predicted molar refractivity (Wildman–Crippen MR) is 79.8 cm³/mol. The van der Waals surface area contributed by atoms with E-state index in [-0.39, 0.29) is 24.7 Å². The molecule has 0 aliphatic rings. The van der Waals surface area contributed by atoms with Gasteiger partial charge in [0.15, 0.2) is 0 Å². The first-order valence-corrected chi connectivity index (χ1v) is 6.87. The van der Waals surface area contributed by atoms with Gasteiger partial charge in [-0.05, 0) is 12.5 Å². The van der Waals surface area contributed by atoms with Gasteiger partial charge < -0.3 is 14.8 Å². The minimum Gasteiger partial charge on any atom is -0.464 e. The summed E-state index contributed by atoms with van der Waals surface area (Å²) < 4.78 is 9.90. The number of carbonyl (C=O) groups is 2. The van der Waals surface area contributed by atoms with Crippen molar-refractivity contribution in [2.75, 3.05) is 6.61 Å². The molecular formula is C15H18ClNO4. The van der Waals surface area contributed by atoms with Crippen molar-refractivity contribution in [1.82, 2.24) is 5.32 Å². The van der Waals surface area contributed by atoms with Crippen LogP contribution >= 0.6 is 11.6 Å². The summed E-state index contributed by atoms with van der Waals surface area (Å²) in [6.45, 7) is 5.51. The number of amides is 1. The molecule has 1 aromatic rings. The Morgan fingerprint density at radius 2 is 1.95 bits per heavy atom. The molecule has 0 aliphatic heterocycles. The van der Waals surface area contributed by atoms with Crippen LogP contribution in [-0.2, 0) is 20.9 Å². The molecule has 1 aromatic carbocycles. The van der Waals surface area contributed by atoms with E-state index in [1.807, 2.05) is 30.3 Å². The molecule has 1 N–H and O–H groups in total. The zero-order chi connectivity index (χ0) is 15.7. The minimum absolute atomic E-state index is 0.0842. The fraction of sp³-hybridized carbons (Fsp3) is 0.333. The number of alkyl carbamates (subject to hydrolysis) is 1. The second-order valence-electron chi connectivity index (χ2n) is 4.23. The summed E-state index contributed by atoms with van der Waals surface area (Å²) >= 11 is 5.68. The summed E-state index contributed by atoms with van der Waals surface area (Å²) in [7, 11) is 0. The maximum Gasteiger partial charge on any atom is 0.408 e. The normalized spacial score (nSPS) is 11.3. The van der Waals surface area contributed by atoms with E-state index in [0.717, 1.165) is 5.56 Å². The van der Waals surface area contributed by atoms with Gasteiger partial charge in [-0.15, -0.1) is 0 Å². The van der Waals surface area contributed by atoms with Crippen molar-refractivity contribution in [3.05, 3.63) is 47.5 Å². The van der Waals surface area contributed by atoms with Gasteiger partial charge in [-0.1, -0.05) is 48.5 Å². The lowest BCUT2D eigenvalue weighted by molar-refractivity contribution is -0.145. The molecule has 0 heterocycles. The molecule has 0 fully saturated rings. The van der Waals surface area contributed by atoms with Gasteiger partial charge in [0.1, 0.15) is 12.6 Å². The number of esters is 1. The third kappa shape index (κ3) is 6.81. The van der Waals surface area contributed by atoms with Gasteiger partial charge in [0.05, 0.1) is 6.61 Å². The van der Waals surface area contributed by atoms with Crippen molar-refractivity contribution in [2.45, 2.75) is 26.0 Å². The van der Waals surface area contributed by atoms with Crippen LogP contribution in [0.5, 0.6) is 0 Å². The van der Waals surface area contributed by atoms with Gasteiger partial charge in [-0.3, -0.25) is 0 Å². The fourth-order valence-electron chi connectivity index (χ4n) is 1.56. The van der Waals surface area contributed by atoms with Gasteiger partial charge >= 0.3 is 12.1 Å². The number of hydrogen-bond acceptors (Lipinski definition) is 4.